The maximum absolute atomic E-state index is 12.9. The molecule has 1 rings (SSSR count). The fourth-order valence-electron chi connectivity index (χ4n) is 5.36. The van der Waals surface area contributed by atoms with Crippen molar-refractivity contribution in [1.82, 2.24) is 41.7 Å². The predicted octanol–water partition coefficient (Wildman–Crippen LogP) is 11.2. The third-order valence-corrected chi connectivity index (χ3v) is 9.15. The lowest BCUT2D eigenvalue weighted by Crippen LogP contribution is -2.42. The van der Waals surface area contributed by atoms with Gasteiger partial charge in [0, 0.05) is 76.4 Å². The summed E-state index contributed by atoms with van der Waals surface area (Å²) >= 11 is 0. The quantitative estimate of drug-likeness (QED) is 0.00593. The van der Waals surface area contributed by atoms with Crippen molar-refractivity contribution in [2.24, 2.45) is 5.41 Å². The van der Waals surface area contributed by atoms with Gasteiger partial charge >= 0.3 is 60.2 Å². The van der Waals surface area contributed by atoms with E-state index in [2.05, 4.69) is 64.3 Å². The molecule has 0 aliphatic heterocycles. The molecular formula is C69H136F5N8O22+. The smallest absolute Gasteiger partial charge is 0.515 e. The lowest BCUT2D eigenvalue weighted by Gasteiger charge is -2.23. The predicted molar refractivity (Wildman–Crippen MR) is 392 cm³/mol. The van der Waals surface area contributed by atoms with Gasteiger partial charge in [0.05, 0.1) is 26.3 Å². The van der Waals surface area contributed by atoms with E-state index in [9.17, 15) is 79.5 Å². The Hall–Kier alpha value is -8.37. The Morgan fingerprint density at radius 2 is 0.663 bits per heavy atom. The van der Waals surface area contributed by atoms with Gasteiger partial charge in [-0.15, -0.1) is 0 Å². The monoisotopic (exact) mass is 1520 g/mol. The molecule has 1 aromatic rings. The maximum atomic E-state index is 12.9. The van der Waals surface area contributed by atoms with Crippen molar-refractivity contribution in [2.45, 2.75) is 245 Å². The molecule has 0 saturated heterocycles. The number of aliphatic carboxylic acids is 2. The third kappa shape index (κ3) is 84.3. The molecule has 0 saturated carbocycles. The minimum absolute atomic E-state index is 0. The molecule has 6 amide bonds. The van der Waals surface area contributed by atoms with Crippen LogP contribution in [-0.4, -0.2) is 211 Å². The van der Waals surface area contributed by atoms with Crippen molar-refractivity contribution in [3.05, 3.63) is 29.1 Å². The number of alkyl carbamates (subject to hydrolysis) is 4. The summed E-state index contributed by atoms with van der Waals surface area (Å²) in [5.41, 5.74) is -1.68. The van der Waals surface area contributed by atoms with E-state index in [0.29, 0.717) is 44.6 Å². The number of carbonyl (C=O) groups is 12. The molecule has 0 bridgehead atoms. The second-order valence-corrected chi connectivity index (χ2v) is 25.3. The van der Waals surface area contributed by atoms with E-state index < -0.39 is 111 Å². The molecule has 0 unspecified atom stereocenters. The zero-order valence-electron chi connectivity index (χ0n) is 61.2. The van der Waals surface area contributed by atoms with Crippen LogP contribution < -0.4 is 36.6 Å². The summed E-state index contributed by atoms with van der Waals surface area (Å²) < 4.78 is 97.2. The first-order valence-corrected chi connectivity index (χ1v) is 31.2. The topological polar surface area (TPSA) is 411 Å². The number of halogens is 5. The van der Waals surface area contributed by atoms with E-state index in [1.807, 2.05) is 0 Å². The van der Waals surface area contributed by atoms with Crippen molar-refractivity contribution in [3.8, 4) is 5.75 Å². The number of ether oxygens (including phenoxy) is 7. The van der Waals surface area contributed by atoms with Crippen LogP contribution in [0.2, 0.25) is 0 Å². The maximum Gasteiger partial charge on any atom is 0.515 e. The first kappa shape index (κ1) is 122. The summed E-state index contributed by atoms with van der Waals surface area (Å²) in [6.45, 7) is 42.3. The second-order valence-electron chi connectivity index (χ2n) is 25.3. The van der Waals surface area contributed by atoms with E-state index >= 15 is 0 Å². The van der Waals surface area contributed by atoms with Gasteiger partial charge in [-0.3, -0.25) is 33.6 Å². The van der Waals surface area contributed by atoms with Crippen molar-refractivity contribution in [3.63, 3.8) is 0 Å². The van der Waals surface area contributed by atoms with Gasteiger partial charge in [-0.1, -0.05) is 93.0 Å². The molecule has 0 atom stereocenters. The van der Waals surface area contributed by atoms with Crippen LogP contribution in [0, 0.1) is 34.5 Å². The number of benzene rings is 1. The molecule has 0 aromatic heterocycles. The lowest BCUT2D eigenvalue weighted by molar-refractivity contribution is -0.148. The summed E-state index contributed by atoms with van der Waals surface area (Å²) in [5.74, 6) is -17.3. The molecule has 10 N–H and O–H groups in total. The number of rotatable bonds is 27. The number of carbonyl (C=O) groups excluding carboxylic acids is 10. The van der Waals surface area contributed by atoms with Gasteiger partial charge in [0.1, 0.15) is 41.9 Å². The number of hydrogen-bond acceptors (Lipinski definition) is 21. The number of hydrogen-bond donors (Lipinski definition) is 8. The van der Waals surface area contributed by atoms with Gasteiger partial charge in [0.15, 0.2) is 0 Å². The third-order valence-electron chi connectivity index (χ3n) is 9.15. The fraction of sp³-hybridized carbons (Fsp3) is 0.739. The SMILES string of the molecule is C.C.C.C.C.C.CC(C)(C)C.CC(C)(C)OC(=O)NCCNCC(=O)O.CCC(=O)N(CCNC(=O)OC(C)(C)C)CC(=O)O.CCC(=O)Oc1c(F)c(F)c(F)c(F)c1F.CCC(=O)[OH2+].CCOC(=O)CN(CCNC(=O)OC(C)(C)C)C(=O)CC.CCOC(=O)CNCCNC(=O)OC(C)(C)C. The van der Waals surface area contributed by atoms with Crippen LogP contribution in [-0.2, 0) is 66.8 Å². The minimum atomic E-state index is -2.30. The van der Waals surface area contributed by atoms with Crippen molar-refractivity contribution in [2.75, 3.05) is 91.8 Å². The van der Waals surface area contributed by atoms with Gasteiger partial charge < -0.3 is 90.2 Å². The largest absolute Gasteiger partial charge is 0.565 e. The van der Waals surface area contributed by atoms with Gasteiger partial charge in [-0.05, 0) is 109 Å². The Morgan fingerprint density at radius 1 is 0.385 bits per heavy atom. The molecule has 104 heavy (non-hydrogen) atoms. The Kier molecular flexibility index (Phi) is 77.0. The summed E-state index contributed by atoms with van der Waals surface area (Å²) in [6.07, 6.45) is -1.53. The molecule has 35 heteroatoms. The van der Waals surface area contributed by atoms with Crippen molar-refractivity contribution in [1.29, 1.82) is 0 Å². The number of esters is 3. The lowest BCUT2D eigenvalue weighted by atomic mass is 10.0. The molecule has 0 aliphatic rings. The van der Waals surface area contributed by atoms with Crippen LogP contribution in [0.15, 0.2) is 0 Å². The van der Waals surface area contributed by atoms with Crippen LogP contribution in [0.1, 0.15) is 223 Å². The molecular weight excluding hydrogens is 1390 g/mol. The van der Waals surface area contributed by atoms with Crippen LogP contribution in [0.4, 0.5) is 41.1 Å². The minimum Gasteiger partial charge on any atom is -0.565 e. The second kappa shape index (κ2) is 65.4. The Labute approximate surface area is 616 Å². The highest BCUT2D eigenvalue weighted by molar-refractivity contribution is 5.82. The summed E-state index contributed by atoms with van der Waals surface area (Å²) in [6, 6.07) is 0. The molecule has 30 nitrogen and oxygen atoms in total. The van der Waals surface area contributed by atoms with E-state index in [-0.39, 0.29) is 141 Å². The fourth-order valence-corrected chi connectivity index (χ4v) is 5.36. The molecule has 618 valence electrons. The van der Waals surface area contributed by atoms with Crippen LogP contribution >= 0.6 is 0 Å². The average Bonchev–Trinajstić information content (AvgIpc) is 0.799. The van der Waals surface area contributed by atoms with E-state index in [1.165, 1.54) is 16.7 Å². The van der Waals surface area contributed by atoms with Crippen LogP contribution in [0.25, 0.3) is 0 Å². The van der Waals surface area contributed by atoms with E-state index in [0.717, 1.165) is 0 Å². The first-order valence-electron chi connectivity index (χ1n) is 31.2. The highest BCUT2D eigenvalue weighted by Gasteiger charge is 2.29. The molecule has 0 radical (unpaired) electrons. The molecule has 0 spiro atoms. The first-order chi connectivity index (χ1) is 44.7. The number of nitrogens with zero attached hydrogens (tertiary/aromatic N) is 2. The van der Waals surface area contributed by atoms with Gasteiger partial charge in [0.2, 0.25) is 46.6 Å². The van der Waals surface area contributed by atoms with Crippen molar-refractivity contribution >= 4 is 72.0 Å². The standard InChI is InChI=1S/C14H26N2O5.C12H22N2O5.C11H22N2O4.C9H5F5O2.C9H18N2O4.C5H12.C3H6O2.6CH4/c1-6-11(17)16(10-12(18)20-7-2)9-8-15-13(19)21-14(3,4)5;1-5-9(15)14(8-10(16)17)7-6-13-11(18)19-12(2,3)4;1-5-16-9(14)8-12-6-7-13-10(15)17-11(2,3)4;1-2-3(15)16-9-7(13)5(11)4(10)6(12)8(9)14;1-9(2,3)15-8(14)11-5-4-10-6-7(12)13;1-5(2,3)4;1-2-3(4)5;;;;;;/h6-10H2,1-5H3,(H,15,19);5-8H2,1-4H3,(H,13,18)(H,16,17);12H,5-8H2,1-4H3,(H,13,15);2H2,1H3;10H,4-6H2,1-3H3,(H,11,14)(H,12,13);1-4H3;2H2,1H3,(H,4,5);6*1H4/p+1. The highest BCUT2D eigenvalue weighted by atomic mass is 19.2. The number of carboxylic acid groups (broad SMARTS) is 2. The zero-order chi connectivity index (χ0) is 78.0. The molecule has 1 aromatic carbocycles. The molecule has 0 fully saturated rings. The van der Waals surface area contributed by atoms with Crippen molar-refractivity contribution < 1.29 is 128 Å². The van der Waals surface area contributed by atoms with E-state index in [1.54, 1.807) is 118 Å². The number of carboxylic acids is 2. The summed E-state index contributed by atoms with van der Waals surface area (Å²) in [7, 11) is 0. The summed E-state index contributed by atoms with van der Waals surface area (Å²) in [5, 5.41) is 38.7. The summed E-state index contributed by atoms with van der Waals surface area (Å²) in [4.78, 5) is 134. The van der Waals surface area contributed by atoms with Gasteiger partial charge in [-0.25, -0.2) is 32.3 Å². The Morgan fingerprint density at radius 3 is 0.923 bits per heavy atom. The average molecular weight is 1520 g/mol. The molecule has 0 heterocycles. The molecule has 0 aliphatic carbocycles. The van der Waals surface area contributed by atoms with Crippen LogP contribution in [0.3, 0.4) is 0 Å². The van der Waals surface area contributed by atoms with E-state index in [4.69, 9.17) is 43.7 Å². The number of nitrogens with one attached hydrogen (secondary N) is 6. The Balaban J connectivity index is -0.0000000972. The van der Waals surface area contributed by atoms with Gasteiger partial charge in [0.25, 0.3) is 0 Å². The van der Waals surface area contributed by atoms with Gasteiger partial charge in [-0.2, -0.15) is 8.78 Å². The highest BCUT2D eigenvalue weighted by Crippen LogP contribution is 2.29. The van der Waals surface area contributed by atoms with Crippen LogP contribution in [0.5, 0.6) is 5.75 Å². The number of amides is 6. The normalized spacial score (nSPS) is 9.99. The Bertz CT molecular complexity index is 2560. The zero-order valence-corrected chi connectivity index (χ0v) is 61.2.